The molecule has 20 heavy (non-hydrogen) atoms. The van der Waals surface area contributed by atoms with Crippen LogP contribution in [0.15, 0.2) is 6.20 Å². The third kappa shape index (κ3) is 2.84. The maximum atomic E-state index is 4.55. The number of nitrogens with zero attached hydrogens (tertiary/aromatic N) is 3. The second kappa shape index (κ2) is 6.07. The van der Waals surface area contributed by atoms with Crippen molar-refractivity contribution in [1.29, 1.82) is 0 Å². The quantitative estimate of drug-likeness (QED) is 0.781. The maximum absolute atomic E-state index is 4.55. The number of nitrogens with one attached hydrogen (secondary N) is 3. The molecule has 3 N–H and O–H groups in total. The Hall–Kier alpha value is -1.85. The SMILES string of the molecule is CCNc1nc(NCC2CCCCC2)c2cn[nH]c2n1. The van der Waals surface area contributed by atoms with Crippen molar-refractivity contribution < 1.29 is 0 Å². The van der Waals surface area contributed by atoms with Crippen molar-refractivity contribution >= 4 is 22.8 Å². The summed E-state index contributed by atoms with van der Waals surface area (Å²) in [6.45, 7) is 3.83. The lowest BCUT2D eigenvalue weighted by atomic mass is 9.89. The zero-order valence-corrected chi connectivity index (χ0v) is 11.9. The van der Waals surface area contributed by atoms with Crippen molar-refractivity contribution in [1.82, 2.24) is 20.2 Å². The van der Waals surface area contributed by atoms with Gasteiger partial charge in [-0.15, -0.1) is 0 Å². The van der Waals surface area contributed by atoms with Gasteiger partial charge in [0.2, 0.25) is 5.95 Å². The van der Waals surface area contributed by atoms with Crippen molar-refractivity contribution in [3.05, 3.63) is 6.20 Å². The first-order valence-electron chi connectivity index (χ1n) is 7.55. The molecule has 0 spiro atoms. The summed E-state index contributed by atoms with van der Waals surface area (Å²) < 4.78 is 0. The number of aromatic nitrogens is 4. The summed E-state index contributed by atoms with van der Waals surface area (Å²) in [6, 6.07) is 0. The Morgan fingerprint density at radius 1 is 1.20 bits per heavy atom. The lowest BCUT2D eigenvalue weighted by molar-refractivity contribution is 0.373. The molecule has 1 aliphatic carbocycles. The summed E-state index contributed by atoms with van der Waals surface area (Å²) in [5.74, 6) is 2.30. The summed E-state index contributed by atoms with van der Waals surface area (Å²) >= 11 is 0. The Labute approximate surface area is 118 Å². The highest BCUT2D eigenvalue weighted by molar-refractivity contribution is 5.86. The molecular weight excluding hydrogens is 252 g/mol. The van der Waals surface area contributed by atoms with Crippen LogP contribution in [-0.2, 0) is 0 Å². The highest BCUT2D eigenvalue weighted by atomic mass is 15.2. The largest absolute Gasteiger partial charge is 0.369 e. The molecule has 1 aliphatic rings. The van der Waals surface area contributed by atoms with E-state index in [4.69, 9.17) is 0 Å². The third-order valence-corrected chi connectivity index (χ3v) is 3.93. The summed E-state index contributed by atoms with van der Waals surface area (Å²) in [4.78, 5) is 8.95. The van der Waals surface area contributed by atoms with Crippen molar-refractivity contribution in [3.63, 3.8) is 0 Å². The van der Waals surface area contributed by atoms with E-state index in [9.17, 15) is 0 Å². The second-order valence-electron chi connectivity index (χ2n) is 5.44. The second-order valence-corrected chi connectivity index (χ2v) is 5.44. The molecule has 0 atom stereocenters. The summed E-state index contributed by atoms with van der Waals surface area (Å²) in [7, 11) is 0. The van der Waals surface area contributed by atoms with Gasteiger partial charge in [-0.2, -0.15) is 15.1 Å². The van der Waals surface area contributed by atoms with Crippen LogP contribution in [0.25, 0.3) is 11.0 Å². The molecule has 2 aromatic rings. The standard InChI is InChI=1S/C14H22N6/c1-2-15-14-18-12(11-9-17-20-13(11)19-14)16-8-10-6-4-3-5-7-10/h9-10H,2-8H2,1H3,(H3,15,16,17,18,19,20). The summed E-state index contributed by atoms with van der Waals surface area (Å²) in [5.41, 5.74) is 0.780. The van der Waals surface area contributed by atoms with Gasteiger partial charge >= 0.3 is 0 Å². The molecule has 0 amide bonds. The molecule has 108 valence electrons. The van der Waals surface area contributed by atoms with Crippen molar-refractivity contribution in [3.8, 4) is 0 Å². The van der Waals surface area contributed by atoms with Crippen LogP contribution in [0, 0.1) is 5.92 Å². The molecule has 2 heterocycles. The average molecular weight is 274 g/mol. The van der Waals surface area contributed by atoms with Gasteiger partial charge in [0.05, 0.1) is 11.6 Å². The smallest absolute Gasteiger partial charge is 0.226 e. The Balaban J connectivity index is 1.76. The van der Waals surface area contributed by atoms with E-state index >= 15 is 0 Å². The van der Waals surface area contributed by atoms with E-state index in [0.717, 1.165) is 35.9 Å². The minimum Gasteiger partial charge on any atom is -0.369 e. The highest BCUT2D eigenvalue weighted by Crippen LogP contribution is 2.25. The van der Waals surface area contributed by atoms with Crippen LogP contribution < -0.4 is 10.6 Å². The van der Waals surface area contributed by atoms with Gasteiger partial charge in [-0.05, 0) is 25.7 Å². The van der Waals surface area contributed by atoms with Crippen LogP contribution >= 0.6 is 0 Å². The normalized spacial score (nSPS) is 16.4. The topological polar surface area (TPSA) is 78.5 Å². The Bertz CT molecular complexity index is 558. The Morgan fingerprint density at radius 3 is 2.85 bits per heavy atom. The highest BCUT2D eigenvalue weighted by Gasteiger charge is 2.15. The average Bonchev–Trinajstić information content (AvgIpc) is 2.95. The first-order valence-corrected chi connectivity index (χ1v) is 7.55. The molecule has 3 rings (SSSR count). The Kier molecular flexibility index (Phi) is 3.99. The van der Waals surface area contributed by atoms with E-state index in [1.54, 1.807) is 6.20 Å². The lowest BCUT2D eigenvalue weighted by Gasteiger charge is -2.22. The first-order chi connectivity index (χ1) is 9.86. The van der Waals surface area contributed by atoms with Gasteiger partial charge in [0.25, 0.3) is 0 Å². The maximum Gasteiger partial charge on any atom is 0.226 e. The molecule has 1 saturated carbocycles. The van der Waals surface area contributed by atoms with Crippen LogP contribution in [0.2, 0.25) is 0 Å². The molecule has 0 radical (unpaired) electrons. The molecule has 6 heteroatoms. The van der Waals surface area contributed by atoms with Crippen LogP contribution in [-0.4, -0.2) is 33.3 Å². The number of anilines is 2. The minimum absolute atomic E-state index is 0.649. The zero-order chi connectivity index (χ0) is 13.8. The lowest BCUT2D eigenvalue weighted by Crippen LogP contribution is -2.18. The molecule has 6 nitrogen and oxygen atoms in total. The number of hydrogen-bond acceptors (Lipinski definition) is 5. The van der Waals surface area contributed by atoms with E-state index < -0.39 is 0 Å². The minimum atomic E-state index is 0.649. The van der Waals surface area contributed by atoms with Crippen LogP contribution in [0.3, 0.4) is 0 Å². The van der Waals surface area contributed by atoms with E-state index in [0.29, 0.717) is 5.95 Å². The van der Waals surface area contributed by atoms with Gasteiger partial charge in [0.1, 0.15) is 5.82 Å². The fraction of sp³-hybridized carbons (Fsp3) is 0.643. The van der Waals surface area contributed by atoms with Gasteiger partial charge in [-0.3, -0.25) is 5.10 Å². The van der Waals surface area contributed by atoms with Crippen molar-refractivity contribution in [2.24, 2.45) is 5.92 Å². The van der Waals surface area contributed by atoms with Crippen molar-refractivity contribution in [2.75, 3.05) is 23.7 Å². The Morgan fingerprint density at radius 2 is 2.05 bits per heavy atom. The zero-order valence-electron chi connectivity index (χ0n) is 11.9. The third-order valence-electron chi connectivity index (χ3n) is 3.93. The van der Waals surface area contributed by atoms with E-state index in [2.05, 4.69) is 30.8 Å². The van der Waals surface area contributed by atoms with Gasteiger partial charge in [0, 0.05) is 13.1 Å². The van der Waals surface area contributed by atoms with E-state index in [-0.39, 0.29) is 0 Å². The monoisotopic (exact) mass is 274 g/mol. The number of H-pyrrole nitrogens is 1. The number of fused-ring (bicyclic) bond motifs is 1. The molecule has 0 aromatic carbocycles. The van der Waals surface area contributed by atoms with Gasteiger partial charge in [-0.1, -0.05) is 19.3 Å². The molecular formula is C14H22N6. The van der Waals surface area contributed by atoms with Crippen molar-refractivity contribution in [2.45, 2.75) is 39.0 Å². The van der Waals surface area contributed by atoms with Crippen LogP contribution in [0.5, 0.6) is 0 Å². The summed E-state index contributed by atoms with van der Waals surface area (Å²) in [5, 5.41) is 14.6. The van der Waals surface area contributed by atoms with Gasteiger partial charge in [-0.25, -0.2) is 0 Å². The molecule has 0 unspecified atom stereocenters. The van der Waals surface area contributed by atoms with Crippen LogP contribution in [0.1, 0.15) is 39.0 Å². The molecule has 0 aliphatic heterocycles. The van der Waals surface area contributed by atoms with Gasteiger partial charge in [0.15, 0.2) is 5.65 Å². The number of rotatable bonds is 5. The summed E-state index contributed by atoms with van der Waals surface area (Å²) in [6.07, 6.45) is 8.55. The van der Waals surface area contributed by atoms with Gasteiger partial charge < -0.3 is 10.6 Å². The predicted molar refractivity (Wildman–Crippen MR) is 80.9 cm³/mol. The number of hydrogen-bond donors (Lipinski definition) is 3. The van der Waals surface area contributed by atoms with Crippen LogP contribution in [0.4, 0.5) is 11.8 Å². The first kappa shape index (κ1) is 13.1. The molecule has 0 bridgehead atoms. The van der Waals surface area contributed by atoms with E-state index in [1.165, 1.54) is 32.1 Å². The molecule has 1 fully saturated rings. The fourth-order valence-corrected chi connectivity index (χ4v) is 2.84. The molecule has 0 saturated heterocycles. The molecule has 2 aromatic heterocycles. The van der Waals surface area contributed by atoms with E-state index in [1.807, 2.05) is 6.92 Å². The predicted octanol–water partition coefficient (Wildman–Crippen LogP) is 2.78. The number of aromatic amines is 1. The fourth-order valence-electron chi connectivity index (χ4n) is 2.84.